The fourth-order valence-corrected chi connectivity index (χ4v) is 3.05. The lowest BCUT2D eigenvalue weighted by molar-refractivity contribution is -0.118. The van der Waals surface area contributed by atoms with Gasteiger partial charge in [0, 0.05) is 18.1 Å². The van der Waals surface area contributed by atoms with Crippen molar-refractivity contribution >= 4 is 29.2 Å². The van der Waals surface area contributed by atoms with Gasteiger partial charge in [-0.15, -0.1) is 0 Å². The van der Waals surface area contributed by atoms with E-state index in [1.54, 1.807) is 29.2 Å². The number of nitrogens with one attached hydrogen (secondary N) is 1. The van der Waals surface area contributed by atoms with E-state index in [9.17, 15) is 9.59 Å². The minimum absolute atomic E-state index is 0.198. The average Bonchev–Trinajstić information content (AvgIpc) is 3.18. The third-order valence-electron chi connectivity index (χ3n) is 4.49. The predicted molar refractivity (Wildman–Crippen MR) is 116 cm³/mol. The number of carbonyl (C=O) groups is 2. The third kappa shape index (κ3) is 4.99. The highest BCUT2D eigenvalue weighted by Crippen LogP contribution is 2.22. The molecule has 2 aromatic carbocycles. The molecule has 0 saturated heterocycles. The third-order valence-corrected chi connectivity index (χ3v) is 4.74. The van der Waals surface area contributed by atoms with E-state index in [2.05, 4.69) is 10.4 Å². The summed E-state index contributed by atoms with van der Waals surface area (Å²) >= 11 is 5.86. The van der Waals surface area contributed by atoms with Gasteiger partial charge in [0.15, 0.2) is 6.61 Å². The molecule has 0 spiro atoms. The van der Waals surface area contributed by atoms with Crippen LogP contribution < -0.4 is 10.1 Å². The molecule has 156 valence electrons. The zero-order valence-electron chi connectivity index (χ0n) is 16.8. The number of hydrogen-bond donors (Lipinski definition) is 1. The van der Waals surface area contributed by atoms with Gasteiger partial charge < -0.3 is 15.0 Å². The van der Waals surface area contributed by atoms with Crippen LogP contribution in [0, 0.1) is 0 Å². The van der Waals surface area contributed by atoms with E-state index in [1.807, 2.05) is 44.2 Å². The lowest BCUT2D eigenvalue weighted by Crippen LogP contribution is -2.31. The van der Waals surface area contributed by atoms with Crippen molar-refractivity contribution in [1.82, 2.24) is 14.7 Å². The van der Waals surface area contributed by atoms with Gasteiger partial charge in [0.25, 0.3) is 11.8 Å². The van der Waals surface area contributed by atoms with E-state index in [1.165, 1.54) is 10.9 Å². The van der Waals surface area contributed by atoms with Crippen LogP contribution in [-0.2, 0) is 4.79 Å². The standard InChI is InChI=1S/C22H23ClN4O3/c1-3-26(4-2)22(29)19-14-24-27(17-8-6-5-7-9-17)21(19)25-20(28)15-30-18-12-10-16(23)11-13-18/h5-14H,3-4,15H2,1-2H3,(H,25,28). The zero-order valence-corrected chi connectivity index (χ0v) is 17.6. The molecule has 0 fully saturated rings. The van der Waals surface area contributed by atoms with E-state index in [0.29, 0.717) is 35.2 Å². The number of hydrogen-bond acceptors (Lipinski definition) is 4. The van der Waals surface area contributed by atoms with E-state index in [-0.39, 0.29) is 12.5 Å². The Hall–Kier alpha value is -3.32. The largest absolute Gasteiger partial charge is 0.484 e. The molecule has 30 heavy (non-hydrogen) atoms. The summed E-state index contributed by atoms with van der Waals surface area (Å²) in [7, 11) is 0. The van der Waals surface area contributed by atoms with Crippen LogP contribution in [0.5, 0.6) is 5.75 Å². The van der Waals surface area contributed by atoms with Gasteiger partial charge in [-0.05, 0) is 50.2 Å². The minimum atomic E-state index is -0.406. The maximum Gasteiger partial charge on any atom is 0.263 e. The lowest BCUT2D eigenvalue weighted by Gasteiger charge is -2.19. The van der Waals surface area contributed by atoms with Crippen molar-refractivity contribution in [3.05, 3.63) is 71.4 Å². The molecular formula is C22H23ClN4O3. The summed E-state index contributed by atoms with van der Waals surface area (Å²) in [6.45, 7) is 4.70. The highest BCUT2D eigenvalue weighted by Gasteiger charge is 2.23. The lowest BCUT2D eigenvalue weighted by atomic mass is 10.2. The van der Waals surface area contributed by atoms with Crippen LogP contribution in [-0.4, -0.2) is 46.2 Å². The molecule has 2 amide bonds. The van der Waals surface area contributed by atoms with Crippen LogP contribution in [0.15, 0.2) is 60.8 Å². The number of rotatable bonds is 8. The highest BCUT2D eigenvalue weighted by molar-refractivity contribution is 6.30. The summed E-state index contributed by atoms with van der Waals surface area (Å²) in [5.74, 6) is 0.223. The van der Waals surface area contributed by atoms with Crippen molar-refractivity contribution in [2.24, 2.45) is 0 Å². The molecule has 3 aromatic rings. The number of aromatic nitrogens is 2. The van der Waals surface area contributed by atoms with Crippen molar-refractivity contribution in [1.29, 1.82) is 0 Å². The Morgan fingerprint density at radius 3 is 2.37 bits per heavy atom. The first-order chi connectivity index (χ1) is 14.5. The van der Waals surface area contributed by atoms with Gasteiger partial charge in [0.05, 0.1) is 11.9 Å². The Morgan fingerprint density at radius 1 is 1.07 bits per heavy atom. The smallest absolute Gasteiger partial charge is 0.263 e. The number of nitrogens with zero attached hydrogens (tertiary/aromatic N) is 3. The zero-order chi connectivity index (χ0) is 21.5. The fraction of sp³-hybridized carbons (Fsp3) is 0.227. The Balaban J connectivity index is 1.84. The number of halogens is 1. The van der Waals surface area contributed by atoms with Crippen molar-refractivity contribution in [3.63, 3.8) is 0 Å². The average molecular weight is 427 g/mol. The fourth-order valence-electron chi connectivity index (χ4n) is 2.92. The molecule has 0 atom stereocenters. The van der Waals surface area contributed by atoms with Gasteiger partial charge >= 0.3 is 0 Å². The molecule has 0 aliphatic carbocycles. The van der Waals surface area contributed by atoms with Crippen molar-refractivity contribution < 1.29 is 14.3 Å². The summed E-state index contributed by atoms with van der Waals surface area (Å²) in [4.78, 5) is 27.2. The molecule has 0 saturated carbocycles. The molecule has 1 aromatic heterocycles. The molecule has 1 N–H and O–H groups in total. The summed E-state index contributed by atoms with van der Waals surface area (Å²) < 4.78 is 7.05. The maximum absolute atomic E-state index is 12.9. The molecule has 8 heteroatoms. The minimum Gasteiger partial charge on any atom is -0.484 e. The van der Waals surface area contributed by atoms with Gasteiger partial charge in [-0.1, -0.05) is 29.8 Å². The molecular weight excluding hydrogens is 404 g/mol. The summed E-state index contributed by atoms with van der Waals surface area (Å²) in [5, 5.41) is 7.71. The number of para-hydroxylation sites is 1. The summed E-state index contributed by atoms with van der Waals surface area (Å²) in [6.07, 6.45) is 1.48. The van der Waals surface area contributed by atoms with Crippen LogP contribution in [0.1, 0.15) is 24.2 Å². The van der Waals surface area contributed by atoms with Gasteiger partial charge in [0.2, 0.25) is 0 Å². The van der Waals surface area contributed by atoms with E-state index >= 15 is 0 Å². The van der Waals surface area contributed by atoms with Crippen molar-refractivity contribution in [2.45, 2.75) is 13.8 Å². The Kier molecular flexibility index (Phi) is 7.08. The predicted octanol–water partition coefficient (Wildman–Crippen LogP) is 4.03. The van der Waals surface area contributed by atoms with Crippen LogP contribution >= 0.6 is 11.6 Å². The van der Waals surface area contributed by atoms with Crippen LogP contribution in [0.2, 0.25) is 5.02 Å². The van der Waals surface area contributed by atoms with E-state index in [0.717, 1.165) is 5.69 Å². The Morgan fingerprint density at radius 2 is 1.73 bits per heavy atom. The quantitative estimate of drug-likeness (QED) is 0.590. The number of amides is 2. The molecule has 3 rings (SSSR count). The molecule has 0 bridgehead atoms. The van der Waals surface area contributed by atoms with Crippen molar-refractivity contribution in [3.8, 4) is 11.4 Å². The van der Waals surface area contributed by atoms with Crippen LogP contribution in [0.25, 0.3) is 5.69 Å². The van der Waals surface area contributed by atoms with Gasteiger partial charge in [-0.25, -0.2) is 4.68 Å². The second-order valence-corrected chi connectivity index (χ2v) is 6.86. The molecule has 0 unspecified atom stereocenters. The van der Waals surface area contributed by atoms with E-state index in [4.69, 9.17) is 16.3 Å². The first-order valence-corrected chi connectivity index (χ1v) is 10.0. The van der Waals surface area contributed by atoms with E-state index < -0.39 is 5.91 Å². The molecule has 0 radical (unpaired) electrons. The summed E-state index contributed by atoms with van der Waals surface area (Å²) in [5.41, 5.74) is 1.05. The van der Waals surface area contributed by atoms with Crippen LogP contribution in [0.4, 0.5) is 5.82 Å². The SMILES string of the molecule is CCN(CC)C(=O)c1cnn(-c2ccccc2)c1NC(=O)COc1ccc(Cl)cc1. The normalized spacial score (nSPS) is 10.5. The maximum atomic E-state index is 12.9. The topological polar surface area (TPSA) is 76.5 Å². The molecule has 0 aliphatic heterocycles. The second kappa shape index (κ2) is 9.93. The number of benzene rings is 2. The van der Waals surface area contributed by atoms with Gasteiger partial charge in [0.1, 0.15) is 17.1 Å². The summed E-state index contributed by atoms with van der Waals surface area (Å²) in [6, 6.07) is 16.0. The Labute approximate surface area is 180 Å². The number of anilines is 1. The molecule has 0 aliphatic rings. The number of carbonyl (C=O) groups excluding carboxylic acids is 2. The first-order valence-electron chi connectivity index (χ1n) is 9.64. The van der Waals surface area contributed by atoms with Crippen molar-refractivity contribution in [2.75, 3.05) is 25.0 Å². The monoisotopic (exact) mass is 426 g/mol. The first kappa shape index (κ1) is 21.4. The molecule has 1 heterocycles. The van der Waals surface area contributed by atoms with Crippen LogP contribution in [0.3, 0.4) is 0 Å². The second-order valence-electron chi connectivity index (χ2n) is 6.42. The Bertz CT molecular complexity index is 999. The van der Waals surface area contributed by atoms with Gasteiger partial charge in [-0.3, -0.25) is 9.59 Å². The number of ether oxygens (including phenoxy) is 1. The highest BCUT2D eigenvalue weighted by atomic mass is 35.5. The van der Waals surface area contributed by atoms with Gasteiger partial charge in [-0.2, -0.15) is 5.10 Å². The molecule has 7 nitrogen and oxygen atoms in total.